The largest absolute Gasteiger partial charge is 0.0969 e. The molecule has 0 N–H and O–H groups in total. The highest BCUT2D eigenvalue weighted by atomic mass is 79.9. The van der Waals surface area contributed by atoms with E-state index in [4.69, 9.17) is 0 Å². The number of halogens is 1. The predicted molar refractivity (Wildman–Crippen MR) is 37.4 cm³/mol. The van der Waals surface area contributed by atoms with Crippen molar-refractivity contribution < 1.29 is 0 Å². The van der Waals surface area contributed by atoms with Gasteiger partial charge >= 0.3 is 0 Å². The van der Waals surface area contributed by atoms with Gasteiger partial charge in [0.1, 0.15) is 0 Å². The van der Waals surface area contributed by atoms with Crippen molar-refractivity contribution in [3.8, 4) is 0 Å². The minimum absolute atomic E-state index is 0.273. The molecule has 0 aromatic carbocycles. The Kier molecular flexibility index (Phi) is 4.32. The molecule has 0 radical (unpaired) electrons. The molecule has 0 heterocycles. The molecule has 2 heteroatoms. The van der Waals surface area contributed by atoms with Crippen LogP contribution in [0, 0.1) is 0 Å². The standard InChI is InChI=1S/C4H11BrSi/c1-4(2)6-3-5/h4H,3,6H2,1-2H3. The van der Waals surface area contributed by atoms with E-state index in [-0.39, 0.29) is 9.52 Å². The number of hydrogen-bond acceptors (Lipinski definition) is 0. The fourth-order valence-electron chi connectivity index (χ4n) is 0.218. The molecule has 0 fully saturated rings. The maximum atomic E-state index is 3.41. The molecule has 0 aliphatic heterocycles. The third-order valence-corrected chi connectivity index (χ3v) is 3.43. The lowest BCUT2D eigenvalue weighted by Crippen LogP contribution is -1.94. The van der Waals surface area contributed by atoms with Gasteiger partial charge in [0.05, 0.1) is 0 Å². The molecule has 0 bridgehead atoms. The van der Waals surface area contributed by atoms with Crippen molar-refractivity contribution in [2.24, 2.45) is 0 Å². The third kappa shape index (κ3) is 4.70. The molecule has 38 valence electrons. The van der Waals surface area contributed by atoms with E-state index < -0.39 is 0 Å². The van der Waals surface area contributed by atoms with Crippen molar-refractivity contribution in [3.63, 3.8) is 0 Å². The first-order valence-corrected chi connectivity index (χ1v) is 5.27. The highest BCUT2D eigenvalue weighted by Gasteiger charge is 1.88. The number of rotatable bonds is 2. The van der Waals surface area contributed by atoms with Gasteiger partial charge < -0.3 is 0 Å². The van der Waals surface area contributed by atoms with E-state index in [1.165, 1.54) is 4.95 Å². The maximum Gasteiger partial charge on any atom is 0.0351 e. The van der Waals surface area contributed by atoms with Crippen LogP contribution in [-0.2, 0) is 0 Å². The van der Waals surface area contributed by atoms with Gasteiger partial charge in [0.2, 0.25) is 0 Å². The van der Waals surface area contributed by atoms with E-state index in [0.717, 1.165) is 5.54 Å². The topological polar surface area (TPSA) is 0 Å². The van der Waals surface area contributed by atoms with Crippen molar-refractivity contribution >= 4 is 25.4 Å². The molecule has 0 aromatic rings. The van der Waals surface area contributed by atoms with Crippen LogP contribution in [0.4, 0.5) is 0 Å². The van der Waals surface area contributed by atoms with Crippen LogP contribution >= 0.6 is 15.9 Å². The normalized spacial score (nSPS) is 12.0. The maximum absolute atomic E-state index is 3.41. The first-order valence-electron chi connectivity index (χ1n) is 2.33. The van der Waals surface area contributed by atoms with E-state index in [1.54, 1.807) is 0 Å². The lowest BCUT2D eigenvalue weighted by molar-refractivity contribution is 1.06. The summed E-state index contributed by atoms with van der Waals surface area (Å²) >= 11 is 3.41. The minimum atomic E-state index is 0.273. The zero-order valence-corrected chi connectivity index (χ0v) is 7.37. The zero-order chi connectivity index (χ0) is 4.99. The van der Waals surface area contributed by atoms with Crippen LogP contribution < -0.4 is 0 Å². The van der Waals surface area contributed by atoms with Crippen LogP contribution in [0.1, 0.15) is 13.8 Å². The summed E-state index contributed by atoms with van der Waals surface area (Å²) < 4.78 is 0. The Balaban J connectivity index is 2.63. The van der Waals surface area contributed by atoms with E-state index in [9.17, 15) is 0 Å². The quantitative estimate of drug-likeness (QED) is 0.430. The van der Waals surface area contributed by atoms with Gasteiger partial charge in [-0.05, 0) is 4.95 Å². The molecule has 0 saturated heterocycles. The summed E-state index contributed by atoms with van der Waals surface area (Å²) in [6.07, 6.45) is 0. The molecule has 0 saturated carbocycles. The van der Waals surface area contributed by atoms with Crippen LogP contribution in [0.5, 0.6) is 0 Å². The average molecular weight is 167 g/mol. The van der Waals surface area contributed by atoms with Gasteiger partial charge in [-0.2, -0.15) is 0 Å². The van der Waals surface area contributed by atoms with E-state index in [1.807, 2.05) is 0 Å². The van der Waals surface area contributed by atoms with Crippen molar-refractivity contribution in [1.82, 2.24) is 0 Å². The van der Waals surface area contributed by atoms with Gasteiger partial charge in [-0.25, -0.2) is 0 Å². The van der Waals surface area contributed by atoms with Gasteiger partial charge in [-0.3, -0.25) is 0 Å². The zero-order valence-electron chi connectivity index (χ0n) is 4.37. The van der Waals surface area contributed by atoms with Crippen LogP contribution in [0.25, 0.3) is 0 Å². The molecule has 0 nitrogen and oxygen atoms in total. The molecular weight excluding hydrogens is 156 g/mol. The molecule has 0 rings (SSSR count). The average Bonchev–Trinajstić information content (AvgIpc) is 1.35. The first-order chi connectivity index (χ1) is 2.77. The van der Waals surface area contributed by atoms with Crippen LogP contribution in [0.3, 0.4) is 0 Å². The van der Waals surface area contributed by atoms with Crippen molar-refractivity contribution in [1.29, 1.82) is 0 Å². The lowest BCUT2D eigenvalue weighted by Gasteiger charge is -1.93. The van der Waals surface area contributed by atoms with E-state index >= 15 is 0 Å². The molecule has 0 aliphatic rings. The summed E-state index contributed by atoms with van der Waals surface area (Å²) in [5.41, 5.74) is 0.990. The van der Waals surface area contributed by atoms with E-state index in [2.05, 4.69) is 29.8 Å². The predicted octanol–water partition coefficient (Wildman–Crippen LogP) is 1.34. The number of alkyl halides is 1. The third-order valence-electron chi connectivity index (χ3n) is 0.686. The SMILES string of the molecule is CC(C)[SiH2]CBr. The molecule has 0 amide bonds. The molecular formula is C4H11BrSi. The molecule has 0 unspecified atom stereocenters. The Labute approximate surface area is 50.3 Å². The smallest absolute Gasteiger partial charge is 0.0351 e. The molecule has 0 aromatic heterocycles. The summed E-state index contributed by atoms with van der Waals surface area (Å²) in [5, 5.41) is 0. The van der Waals surface area contributed by atoms with Gasteiger partial charge in [0.25, 0.3) is 0 Å². The summed E-state index contributed by atoms with van der Waals surface area (Å²) in [7, 11) is 0.273. The Hall–Kier alpha value is 0.697. The van der Waals surface area contributed by atoms with Crippen LogP contribution in [-0.4, -0.2) is 14.5 Å². The number of hydrogen-bond donors (Lipinski definition) is 0. The van der Waals surface area contributed by atoms with Crippen molar-refractivity contribution in [2.75, 3.05) is 4.95 Å². The highest BCUT2D eigenvalue weighted by Crippen LogP contribution is 1.96. The summed E-state index contributed by atoms with van der Waals surface area (Å²) in [4.78, 5) is 1.28. The molecule has 0 aliphatic carbocycles. The first kappa shape index (κ1) is 6.70. The van der Waals surface area contributed by atoms with Crippen LogP contribution in [0.15, 0.2) is 0 Å². The fourth-order valence-corrected chi connectivity index (χ4v) is 3.40. The van der Waals surface area contributed by atoms with Gasteiger partial charge in [0.15, 0.2) is 0 Å². The van der Waals surface area contributed by atoms with Gasteiger partial charge in [-0.1, -0.05) is 35.3 Å². The summed E-state index contributed by atoms with van der Waals surface area (Å²) in [5.74, 6) is 0. The van der Waals surface area contributed by atoms with Crippen molar-refractivity contribution in [2.45, 2.75) is 19.4 Å². The van der Waals surface area contributed by atoms with Gasteiger partial charge in [0, 0.05) is 9.52 Å². The lowest BCUT2D eigenvalue weighted by atomic mass is 10.6. The van der Waals surface area contributed by atoms with Crippen molar-refractivity contribution in [3.05, 3.63) is 0 Å². The Morgan fingerprint density at radius 1 is 1.67 bits per heavy atom. The summed E-state index contributed by atoms with van der Waals surface area (Å²) in [6.45, 7) is 4.57. The molecule has 6 heavy (non-hydrogen) atoms. The van der Waals surface area contributed by atoms with Crippen LogP contribution in [0.2, 0.25) is 5.54 Å². The Morgan fingerprint density at radius 2 is 2.17 bits per heavy atom. The Morgan fingerprint density at radius 3 is 2.17 bits per heavy atom. The second-order valence-electron chi connectivity index (χ2n) is 1.87. The summed E-state index contributed by atoms with van der Waals surface area (Å²) in [6, 6.07) is 0. The van der Waals surface area contributed by atoms with Gasteiger partial charge in [-0.15, -0.1) is 0 Å². The minimum Gasteiger partial charge on any atom is -0.0969 e. The fraction of sp³-hybridized carbons (Fsp3) is 1.00. The van der Waals surface area contributed by atoms with E-state index in [0.29, 0.717) is 0 Å². The molecule has 0 atom stereocenters. The second kappa shape index (κ2) is 3.87. The second-order valence-corrected chi connectivity index (χ2v) is 6.84. The monoisotopic (exact) mass is 166 g/mol. The highest BCUT2D eigenvalue weighted by molar-refractivity contribution is 9.09. The Bertz CT molecular complexity index is 28.7. The molecule has 0 spiro atoms.